The molecule has 3 rings (SSSR count). The molecular formula is C16H20N4O. The summed E-state index contributed by atoms with van der Waals surface area (Å²) in [4.78, 5) is 12.3. The van der Waals surface area contributed by atoms with Crippen LogP contribution in [0.15, 0.2) is 42.7 Å². The molecule has 1 saturated heterocycles. The molecule has 5 heteroatoms. The molecule has 110 valence electrons. The zero-order valence-corrected chi connectivity index (χ0v) is 12.0. The smallest absolute Gasteiger partial charge is 0.228 e. The number of hydrogen-bond acceptors (Lipinski definition) is 3. The van der Waals surface area contributed by atoms with Crippen LogP contribution in [-0.2, 0) is 11.3 Å². The SMILES string of the molecule is O=C(Nc1ccccc1Cn1cccn1)[C@H]1CCCNC1. The van der Waals surface area contributed by atoms with Crippen molar-refractivity contribution in [3.8, 4) is 0 Å². The molecule has 2 heterocycles. The first-order valence-electron chi connectivity index (χ1n) is 7.40. The van der Waals surface area contributed by atoms with E-state index in [-0.39, 0.29) is 11.8 Å². The molecule has 2 aromatic rings. The number of para-hydroxylation sites is 1. The summed E-state index contributed by atoms with van der Waals surface area (Å²) in [6.07, 6.45) is 5.70. The Morgan fingerprint density at radius 3 is 3.05 bits per heavy atom. The van der Waals surface area contributed by atoms with Gasteiger partial charge in [-0.05, 0) is 37.1 Å². The maximum absolute atomic E-state index is 12.3. The molecule has 1 aliphatic heterocycles. The van der Waals surface area contributed by atoms with Crippen molar-refractivity contribution in [3.05, 3.63) is 48.3 Å². The van der Waals surface area contributed by atoms with Crippen molar-refractivity contribution in [2.45, 2.75) is 19.4 Å². The number of carbonyl (C=O) groups is 1. The molecule has 1 aliphatic rings. The van der Waals surface area contributed by atoms with Gasteiger partial charge in [0, 0.05) is 24.6 Å². The average molecular weight is 284 g/mol. The molecule has 0 unspecified atom stereocenters. The van der Waals surface area contributed by atoms with E-state index in [1.54, 1.807) is 6.20 Å². The molecule has 21 heavy (non-hydrogen) atoms. The highest BCUT2D eigenvalue weighted by atomic mass is 16.1. The van der Waals surface area contributed by atoms with Crippen molar-refractivity contribution < 1.29 is 4.79 Å². The second-order valence-corrected chi connectivity index (χ2v) is 5.39. The maximum Gasteiger partial charge on any atom is 0.228 e. The summed E-state index contributed by atoms with van der Waals surface area (Å²) in [5.74, 6) is 0.173. The van der Waals surface area contributed by atoms with E-state index in [4.69, 9.17) is 0 Å². The third-order valence-electron chi connectivity index (χ3n) is 3.83. The molecular weight excluding hydrogens is 264 g/mol. The molecule has 2 N–H and O–H groups in total. The van der Waals surface area contributed by atoms with Crippen molar-refractivity contribution >= 4 is 11.6 Å². The van der Waals surface area contributed by atoms with Crippen LogP contribution in [0.5, 0.6) is 0 Å². The summed E-state index contributed by atoms with van der Waals surface area (Å²) >= 11 is 0. The summed E-state index contributed by atoms with van der Waals surface area (Å²) in [6, 6.07) is 9.80. The van der Waals surface area contributed by atoms with Gasteiger partial charge in [-0.2, -0.15) is 5.10 Å². The Morgan fingerprint density at radius 1 is 1.38 bits per heavy atom. The van der Waals surface area contributed by atoms with Crippen LogP contribution in [-0.4, -0.2) is 28.8 Å². The van der Waals surface area contributed by atoms with E-state index < -0.39 is 0 Å². The Hall–Kier alpha value is -2.14. The summed E-state index contributed by atoms with van der Waals surface area (Å²) in [5, 5.41) is 10.6. The Balaban J connectivity index is 1.71. The zero-order valence-electron chi connectivity index (χ0n) is 12.0. The van der Waals surface area contributed by atoms with Crippen LogP contribution in [0.3, 0.4) is 0 Å². The van der Waals surface area contributed by atoms with E-state index in [0.29, 0.717) is 6.54 Å². The largest absolute Gasteiger partial charge is 0.325 e. The Morgan fingerprint density at radius 2 is 2.29 bits per heavy atom. The highest BCUT2D eigenvalue weighted by Crippen LogP contribution is 2.19. The van der Waals surface area contributed by atoms with Crippen molar-refractivity contribution in [1.82, 2.24) is 15.1 Å². The Kier molecular flexibility index (Phi) is 4.31. The number of carbonyl (C=O) groups excluding carboxylic acids is 1. The number of amides is 1. The van der Waals surface area contributed by atoms with Gasteiger partial charge in [-0.3, -0.25) is 9.48 Å². The van der Waals surface area contributed by atoms with Gasteiger partial charge in [0.15, 0.2) is 0 Å². The summed E-state index contributed by atoms with van der Waals surface area (Å²) < 4.78 is 1.85. The van der Waals surface area contributed by atoms with Crippen LogP contribution in [0.25, 0.3) is 0 Å². The molecule has 1 atom stereocenters. The van der Waals surface area contributed by atoms with Crippen molar-refractivity contribution in [2.75, 3.05) is 18.4 Å². The van der Waals surface area contributed by atoms with Crippen molar-refractivity contribution in [1.29, 1.82) is 0 Å². The highest BCUT2D eigenvalue weighted by Gasteiger charge is 2.21. The van der Waals surface area contributed by atoms with Gasteiger partial charge < -0.3 is 10.6 Å². The summed E-state index contributed by atoms with van der Waals surface area (Å²) in [7, 11) is 0. The number of hydrogen-bond donors (Lipinski definition) is 2. The van der Waals surface area contributed by atoms with Crippen LogP contribution in [0, 0.1) is 5.92 Å². The second kappa shape index (κ2) is 6.54. The first-order chi connectivity index (χ1) is 10.3. The lowest BCUT2D eigenvalue weighted by molar-refractivity contribution is -0.120. The molecule has 0 aliphatic carbocycles. The minimum Gasteiger partial charge on any atom is -0.325 e. The van der Waals surface area contributed by atoms with Crippen LogP contribution in [0.2, 0.25) is 0 Å². The molecule has 0 radical (unpaired) electrons. The molecule has 5 nitrogen and oxygen atoms in total. The second-order valence-electron chi connectivity index (χ2n) is 5.39. The number of anilines is 1. The van der Waals surface area contributed by atoms with E-state index in [1.807, 2.05) is 41.2 Å². The minimum absolute atomic E-state index is 0.0662. The zero-order chi connectivity index (χ0) is 14.5. The predicted octanol–water partition coefficient (Wildman–Crippen LogP) is 1.87. The lowest BCUT2D eigenvalue weighted by atomic mass is 9.98. The summed E-state index contributed by atoms with van der Waals surface area (Å²) in [6.45, 7) is 2.44. The third-order valence-corrected chi connectivity index (χ3v) is 3.83. The van der Waals surface area contributed by atoms with Gasteiger partial charge in [-0.25, -0.2) is 0 Å². The van der Waals surface area contributed by atoms with Gasteiger partial charge >= 0.3 is 0 Å². The Bertz CT molecular complexity index is 588. The number of nitrogens with one attached hydrogen (secondary N) is 2. The Labute approximate surface area is 124 Å². The van der Waals surface area contributed by atoms with E-state index >= 15 is 0 Å². The van der Waals surface area contributed by atoms with Gasteiger partial charge in [-0.15, -0.1) is 0 Å². The minimum atomic E-state index is 0.0662. The van der Waals surface area contributed by atoms with Crippen LogP contribution >= 0.6 is 0 Å². The maximum atomic E-state index is 12.3. The topological polar surface area (TPSA) is 59.0 Å². The molecule has 0 spiro atoms. The fourth-order valence-electron chi connectivity index (χ4n) is 2.66. The standard InChI is InChI=1S/C16H20N4O/c21-16(13-6-3-8-17-11-13)19-15-7-2-1-5-14(15)12-20-10-4-9-18-20/h1-2,4-5,7,9-10,13,17H,3,6,8,11-12H2,(H,19,21)/t13-/m0/s1. The van der Waals surface area contributed by atoms with E-state index in [1.165, 1.54) is 0 Å². The number of piperidine rings is 1. The van der Waals surface area contributed by atoms with Crippen LogP contribution < -0.4 is 10.6 Å². The molecule has 1 aromatic carbocycles. The van der Waals surface area contributed by atoms with Crippen molar-refractivity contribution in [2.24, 2.45) is 5.92 Å². The molecule has 0 saturated carbocycles. The van der Waals surface area contributed by atoms with Gasteiger partial charge in [0.25, 0.3) is 0 Å². The quantitative estimate of drug-likeness (QED) is 0.901. The number of rotatable bonds is 4. The normalized spacial score (nSPS) is 18.4. The molecule has 1 amide bonds. The van der Waals surface area contributed by atoms with Crippen LogP contribution in [0.4, 0.5) is 5.69 Å². The first-order valence-corrected chi connectivity index (χ1v) is 7.40. The van der Waals surface area contributed by atoms with Gasteiger partial charge in [-0.1, -0.05) is 18.2 Å². The number of nitrogens with zero attached hydrogens (tertiary/aromatic N) is 2. The lowest BCUT2D eigenvalue weighted by Gasteiger charge is -2.22. The van der Waals surface area contributed by atoms with Gasteiger partial charge in [0.05, 0.1) is 12.5 Å². The number of aromatic nitrogens is 2. The summed E-state index contributed by atoms with van der Waals surface area (Å²) in [5.41, 5.74) is 1.95. The fourth-order valence-corrected chi connectivity index (χ4v) is 2.66. The molecule has 1 fully saturated rings. The molecule has 0 bridgehead atoms. The highest BCUT2D eigenvalue weighted by molar-refractivity contribution is 5.93. The number of benzene rings is 1. The van der Waals surface area contributed by atoms with E-state index in [2.05, 4.69) is 15.7 Å². The average Bonchev–Trinajstić information content (AvgIpc) is 3.03. The molecule has 1 aromatic heterocycles. The monoisotopic (exact) mass is 284 g/mol. The fraction of sp³-hybridized carbons (Fsp3) is 0.375. The van der Waals surface area contributed by atoms with Gasteiger partial charge in [0.2, 0.25) is 5.91 Å². The first kappa shape index (κ1) is 13.8. The van der Waals surface area contributed by atoms with E-state index in [9.17, 15) is 4.79 Å². The predicted molar refractivity (Wildman–Crippen MR) is 82.0 cm³/mol. The van der Waals surface area contributed by atoms with Crippen LogP contribution in [0.1, 0.15) is 18.4 Å². The lowest BCUT2D eigenvalue weighted by Crippen LogP contribution is -2.37. The third kappa shape index (κ3) is 3.49. The van der Waals surface area contributed by atoms with E-state index in [0.717, 1.165) is 37.2 Å². The van der Waals surface area contributed by atoms with Gasteiger partial charge in [0.1, 0.15) is 0 Å². The van der Waals surface area contributed by atoms with Crippen molar-refractivity contribution in [3.63, 3.8) is 0 Å².